The minimum atomic E-state index is 0.346. The number of nitrogens with zero attached hydrogens (tertiary/aromatic N) is 1. The van der Waals surface area contributed by atoms with Crippen molar-refractivity contribution in [2.75, 3.05) is 13.2 Å². The van der Waals surface area contributed by atoms with Crippen molar-refractivity contribution >= 4 is 11.6 Å². The number of hydrogen-bond acceptors (Lipinski definition) is 3. The lowest BCUT2D eigenvalue weighted by Crippen LogP contribution is -2.37. The maximum Gasteiger partial charge on any atom is 0.0634 e. The van der Waals surface area contributed by atoms with E-state index in [1.54, 1.807) is 12.4 Å². The van der Waals surface area contributed by atoms with Gasteiger partial charge in [-0.3, -0.25) is 4.98 Å². The van der Waals surface area contributed by atoms with Gasteiger partial charge in [-0.15, -0.1) is 0 Å². The molecule has 0 aliphatic heterocycles. The maximum atomic E-state index is 6.06. The van der Waals surface area contributed by atoms with Crippen molar-refractivity contribution in [2.24, 2.45) is 5.92 Å². The smallest absolute Gasteiger partial charge is 0.0634 e. The Bertz CT molecular complexity index is 331. The summed E-state index contributed by atoms with van der Waals surface area (Å²) < 4.78 is 5.47. The summed E-state index contributed by atoms with van der Waals surface area (Å²) in [5, 5.41) is 4.18. The molecule has 96 valence electrons. The SMILES string of the molecule is CCOCC(NCc1ccncc1Cl)C(C)C. The molecule has 1 heterocycles. The summed E-state index contributed by atoms with van der Waals surface area (Å²) in [5.74, 6) is 0.530. The zero-order valence-electron chi connectivity index (χ0n) is 10.7. The second-order valence-electron chi connectivity index (χ2n) is 4.36. The van der Waals surface area contributed by atoms with E-state index in [1.165, 1.54) is 0 Å². The molecule has 0 spiro atoms. The van der Waals surface area contributed by atoms with Gasteiger partial charge in [0.15, 0.2) is 0 Å². The average molecular weight is 257 g/mol. The quantitative estimate of drug-likeness (QED) is 0.815. The van der Waals surface area contributed by atoms with Crippen LogP contribution in [0.1, 0.15) is 26.3 Å². The van der Waals surface area contributed by atoms with Crippen molar-refractivity contribution < 1.29 is 4.74 Å². The summed E-state index contributed by atoms with van der Waals surface area (Å²) in [6.07, 6.45) is 3.43. The molecule has 1 rings (SSSR count). The molecule has 1 N–H and O–H groups in total. The Balaban J connectivity index is 2.49. The summed E-state index contributed by atoms with van der Waals surface area (Å²) in [6.45, 7) is 8.61. The maximum absolute atomic E-state index is 6.06. The topological polar surface area (TPSA) is 34.1 Å². The van der Waals surface area contributed by atoms with E-state index in [9.17, 15) is 0 Å². The molecule has 0 amide bonds. The van der Waals surface area contributed by atoms with Gasteiger partial charge in [-0.05, 0) is 24.5 Å². The van der Waals surface area contributed by atoms with E-state index < -0.39 is 0 Å². The van der Waals surface area contributed by atoms with E-state index in [4.69, 9.17) is 16.3 Å². The summed E-state index contributed by atoms with van der Waals surface area (Å²) in [5.41, 5.74) is 1.07. The van der Waals surface area contributed by atoms with E-state index in [1.807, 2.05) is 13.0 Å². The third-order valence-electron chi connectivity index (χ3n) is 2.72. The van der Waals surface area contributed by atoms with Gasteiger partial charge in [0, 0.05) is 31.6 Å². The van der Waals surface area contributed by atoms with Crippen molar-refractivity contribution in [1.82, 2.24) is 10.3 Å². The predicted molar refractivity (Wildman–Crippen MR) is 71.2 cm³/mol. The standard InChI is InChI=1S/C13H21ClN2O/c1-4-17-9-13(10(2)3)16-7-11-5-6-15-8-12(11)14/h5-6,8,10,13,16H,4,7,9H2,1-3H3. The molecule has 3 nitrogen and oxygen atoms in total. The molecule has 0 aromatic carbocycles. The van der Waals surface area contributed by atoms with Crippen molar-refractivity contribution in [1.29, 1.82) is 0 Å². The van der Waals surface area contributed by atoms with E-state index in [0.717, 1.165) is 25.3 Å². The summed E-state index contributed by atoms with van der Waals surface area (Å²) in [4.78, 5) is 3.97. The number of pyridine rings is 1. The average Bonchev–Trinajstić information content (AvgIpc) is 2.31. The zero-order valence-corrected chi connectivity index (χ0v) is 11.5. The molecule has 0 aliphatic carbocycles. The van der Waals surface area contributed by atoms with Gasteiger partial charge in [0.2, 0.25) is 0 Å². The normalized spacial score (nSPS) is 13.0. The summed E-state index contributed by atoms with van der Waals surface area (Å²) >= 11 is 6.06. The van der Waals surface area contributed by atoms with Gasteiger partial charge in [-0.2, -0.15) is 0 Å². The fourth-order valence-corrected chi connectivity index (χ4v) is 1.71. The number of aromatic nitrogens is 1. The van der Waals surface area contributed by atoms with Crippen molar-refractivity contribution in [3.63, 3.8) is 0 Å². The Morgan fingerprint density at radius 1 is 1.47 bits per heavy atom. The number of nitrogens with one attached hydrogen (secondary N) is 1. The van der Waals surface area contributed by atoms with Gasteiger partial charge in [-0.1, -0.05) is 25.4 Å². The number of halogens is 1. The molecule has 0 bridgehead atoms. The molecule has 0 saturated heterocycles. The van der Waals surface area contributed by atoms with Crippen LogP contribution in [-0.4, -0.2) is 24.2 Å². The van der Waals surface area contributed by atoms with Crippen LogP contribution >= 0.6 is 11.6 Å². The Kier molecular flexibility index (Phi) is 6.48. The van der Waals surface area contributed by atoms with Crippen LogP contribution in [0.2, 0.25) is 5.02 Å². The van der Waals surface area contributed by atoms with Gasteiger partial charge in [0.1, 0.15) is 0 Å². The lowest BCUT2D eigenvalue weighted by atomic mass is 10.1. The highest BCUT2D eigenvalue weighted by Gasteiger charge is 2.13. The van der Waals surface area contributed by atoms with Crippen molar-refractivity contribution in [3.05, 3.63) is 29.0 Å². The van der Waals surface area contributed by atoms with Crippen LogP contribution in [0, 0.1) is 5.92 Å². The molecule has 0 aliphatic rings. The zero-order chi connectivity index (χ0) is 12.7. The van der Waals surface area contributed by atoms with Crippen LogP contribution in [0.3, 0.4) is 0 Å². The van der Waals surface area contributed by atoms with Crippen LogP contribution in [0.15, 0.2) is 18.5 Å². The van der Waals surface area contributed by atoms with E-state index >= 15 is 0 Å². The van der Waals surface area contributed by atoms with Crippen LogP contribution in [0.4, 0.5) is 0 Å². The molecule has 0 radical (unpaired) electrons. The van der Waals surface area contributed by atoms with Crippen LogP contribution in [0.5, 0.6) is 0 Å². The molecule has 1 atom stereocenters. The van der Waals surface area contributed by atoms with E-state index in [-0.39, 0.29) is 0 Å². The highest BCUT2D eigenvalue weighted by Crippen LogP contribution is 2.13. The Morgan fingerprint density at radius 2 is 2.24 bits per heavy atom. The second kappa shape index (κ2) is 7.64. The van der Waals surface area contributed by atoms with Gasteiger partial charge in [0.25, 0.3) is 0 Å². The third kappa shape index (κ3) is 5.02. The minimum Gasteiger partial charge on any atom is -0.380 e. The number of ether oxygens (including phenoxy) is 1. The molecule has 0 saturated carbocycles. The Hall–Kier alpha value is -0.640. The largest absolute Gasteiger partial charge is 0.380 e. The predicted octanol–water partition coefficient (Wildman–Crippen LogP) is 2.89. The fraction of sp³-hybridized carbons (Fsp3) is 0.615. The highest BCUT2D eigenvalue weighted by atomic mass is 35.5. The first-order chi connectivity index (χ1) is 8.15. The van der Waals surface area contributed by atoms with E-state index in [0.29, 0.717) is 17.0 Å². The van der Waals surface area contributed by atoms with Gasteiger partial charge >= 0.3 is 0 Å². The minimum absolute atomic E-state index is 0.346. The van der Waals surface area contributed by atoms with E-state index in [2.05, 4.69) is 24.1 Å². The van der Waals surface area contributed by atoms with Gasteiger partial charge in [-0.25, -0.2) is 0 Å². The highest BCUT2D eigenvalue weighted by molar-refractivity contribution is 6.31. The van der Waals surface area contributed by atoms with Crippen molar-refractivity contribution in [3.8, 4) is 0 Å². The number of hydrogen-bond donors (Lipinski definition) is 1. The Labute approximate surface area is 109 Å². The van der Waals surface area contributed by atoms with Crippen LogP contribution in [-0.2, 0) is 11.3 Å². The lowest BCUT2D eigenvalue weighted by molar-refractivity contribution is 0.108. The molecule has 17 heavy (non-hydrogen) atoms. The third-order valence-corrected chi connectivity index (χ3v) is 3.06. The number of rotatable bonds is 7. The molecular formula is C13H21ClN2O. The van der Waals surface area contributed by atoms with Crippen LogP contribution in [0.25, 0.3) is 0 Å². The summed E-state index contributed by atoms with van der Waals surface area (Å²) in [6, 6.07) is 2.28. The molecule has 1 aromatic rings. The first kappa shape index (κ1) is 14.4. The van der Waals surface area contributed by atoms with Crippen molar-refractivity contribution in [2.45, 2.75) is 33.4 Å². The summed E-state index contributed by atoms with van der Waals surface area (Å²) in [7, 11) is 0. The van der Waals surface area contributed by atoms with Gasteiger partial charge in [0.05, 0.1) is 11.6 Å². The van der Waals surface area contributed by atoms with Gasteiger partial charge < -0.3 is 10.1 Å². The monoisotopic (exact) mass is 256 g/mol. The molecule has 1 aromatic heterocycles. The Morgan fingerprint density at radius 3 is 2.82 bits per heavy atom. The first-order valence-electron chi connectivity index (χ1n) is 6.04. The molecule has 1 unspecified atom stereocenters. The fourth-order valence-electron chi connectivity index (χ4n) is 1.52. The molecule has 0 fully saturated rings. The molecular weight excluding hydrogens is 236 g/mol. The van der Waals surface area contributed by atoms with Crippen LogP contribution < -0.4 is 5.32 Å². The lowest BCUT2D eigenvalue weighted by Gasteiger charge is -2.22. The first-order valence-corrected chi connectivity index (χ1v) is 6.42. The second-order valence-corrected chi connectivity index (χ2v) is 4.77. The molecule has 4 heteroatoms.